The highest BCUT2D eigenvalue weighted by atomic mass is 79.9. The van der Waals surface area contributed by atoms with Gasteiger partial charge < -0.3 is 9.47 Å². The second kappa shape index (κ2) is 8.18. The topological polar surface area (TPSA) is 65.7 Å². The third-order valence-electron chi connectivity index (χ3n) is 4.13. The molecular weight excluding hydrogens is 454 g/mol. The number of aromatic nitrogens is 3. The number of fused-ring (bicyclic) bond motifs is 1. The maximum absolute atomic E-state index is 12.8. The van der Waals surface area contributed by atoms with Crippen LogP contribution in [0, 0.1) is 0 Å². The molecule has 0 aliphatic heterocycles. The van der Waals surface area contributed by atoms with Gasteiger partial charge in [0.2, 0.25) is 4.96 Å². The lowest BCUT2D eigenvalue weighted by Gasteiger charge is -2.09. The summed E-state index contributed by atoms with van der Waals surface area (Å²) in [5.74, 6) is 1.73. The minimum atomic E-state index is -0.202. The van der Waals surface area contributed by atoms with Gasteiger partial charge in [0.05, 0.1) is 11.6 Å². The molecule has 0 fully saturated rings. The Morgan fingerprint density at radius 3 is 2.69 bits per heavy atom. The van der Waals surface area contributed by atoms with Gasteiger partial charge in [-0.3, -0.25) is 4.79 Å². The number of nitrogens with zero attached hydrogens (tertiary/aromatic N) is 3. The Labute approximate surface area is 178 Å². The normalized spacial score (nSPS) is 11.7. The lowest BCUT2D eigenvalue weighted by Crippen LogP contribution is -2.23. The molecule has 0 unspecified atom stereocenters. The number of halogens is 1. The van der Waals surface area contributed by atoms with Gasteiger partial charge in [0.1, 0.15) is 6.61 Å². The molecule has 4 rings (SSSR count). The molecule has 0 aliphatic rings. The average molecular weight is 470 g/mol. The van der Waals surface area contributed by atoms with E-state index in [-0.39, 0.29) is 5.56 Å². The van der Waals surface area contributed by atoms with Crippen molar-refractivity contribution in [2.45, 2.75) is 0 Å². The third-order valence-corrected chi connectivity index (χ3v) is 5.61. The zero-order valence-electron chi connectivity index (χ0n) is 15.5. The smallest absolute Gasteiger partial charge is 0.291 e. The van der Waals surface area contributed by atoms with Gasteiger partial charge in [-0.2, -0.15) is 9.50 Å². The molecule has 4 aromatic rings. The molecule has 0 saturated heterocycles. The first-order valence-corrected chi connectivity index (χ1v) is 10.3. The van der Waals surface area contributed by atoms with Crippen LogP contribution >= 0.6 is 27.3 Å². The molecule has 0 aliphatic carbocycles. The largest absolute Gasteiger partial charge is 0.493 e. The monoisotopic (exact) mass is 469 g/mol. The zero-order chi connectivity index (χ0) is 20.4. The van der Waals surface area contributed by atoms with Crippen LogP contribution < -0.4 is 19.6 Å². The number of benzene rings is 2. The zero-order valence-corrected chi connectivity index (χ0v) is 17.9. The Balaban J connectivity index is 1.71. The number of methoxy groups -OCH3 is 1. The first kappa shape index (κ1) is 19.4. The van der Waals surface area contributed by atoms with E-state index in [1.165, 1.54) is 15.9 Å². The predicted octanol–water partition coefficient (Wildman–Crippen LogP) is 3.70. The molecular formula is C21H16BrN3O3S. The highest BCUT2D eigenvalue weighted by Crippen LogP contribution is 2.28. The highest BCUT2D eigenvalue weighted by molar-refractivity contribution is 9.10. The highest BCUT2D eigenvalue weighted by Gasteiger charge is 2.12. The summed E-state index contributed by atoms with van der Waals surface area (Å²) in [5, 5.41) is 4.37. The van der Waals surface area contributed by atoms with Crippen molar-refractivity contribution in [1.29, 1.82) is 0 Å². The molecule has 0 saturated carbocycles. The number of ether oxygens (including phenoxy) is 2. The van der Waals surface area contributed by atoms with Gasteiger partial charge in [-0.25, -0.2) is 0 Å². The first-order valence-electron chi connectivity index (χ1n) is 8.68. The summed E-state index contributed by atoms with van der Waals surface area (Å²) in [6, 6.07) is 13.1. The van der Waals surface area contributed by atoms with Crippen LogP contribution in [0.25, 0.3) is 22.4 Å². The second-order valence-electron chi connectivity index (χ2n) is 6.06. The Morgan fingerprint density at radius 1 is 1.21 bits per heavy atom. The van der Waals surface area contributed by atoms with Crippen LogP contribution in [0.4, 0.5) is 0 Å². The van der Waals surface area contributed by atoms with Gasteiger partial charge >= 0.3 is 0 Å². The molecule has 2 aromatic heterocycles. The fourth-order valence-electron chi connectivity index (χ4n) is 2.75. The van der Waals surface area contributed by atoms with Crippen LogP contribution in [0.5, 0.6) is 11.5 Å². The van der Waals surface area contributed by atoms with E-state index in [1.807, 2.05) is 36.4 Å². The molecule has 6 nitrogen and oxygen atoms in total. The van der Waals surface area contributed by atoms with Crippen LogP contribution in [0.1, 0.15) is 5.56 Å². The number of hydrogen-bond donors (Lipinski definition) is 0. The van der Waals surface area contributed by atoms with E-state index in [2.05, 4.69) is 32.6 Å². The third kappa shape index (κ3) is 3.94. The van der Waals surface area contributed by atoms with Gasteiger partial charge in [-0.1, -0.05) is 58.1 Å². The summed E-state index contributed by atoms with van der Waals surface area (Å²) in [5.41, 5.74) is 1.48. The minimum Gasteiger partial charge on any atom is -0.493 e. The number of thiazole rings is 1. The number of rotatable bonds is 6. The van der Waals surface area contributed by atoms with Gasteiger partial charge in [0.25, 0.3) is 5.56 Å². The number of hydrogen-bond acceptors (Lipinski definition) is 6. The molecule has 0 atom stereocenters. The Hall–Kier alpha value is -2.97. The summed E-state index contributed by atoms with van der Waals surface area (Å²) in [6.45, 7) is 4.03. The molecule has 0 N–H and O–H groups in total. The molecule has 8 heteroatoms. The van der Waals surface area contributed by atoms with Crippen molar-refractivity contribution in [2.24, 2.45) is 0 Å². The van der Waals surface area contributed by atoms with Crippen molar-refractivity contribution in [3.63, 3.8) is 0 Å². The van der Waals surface area contributed by atoms with Crippen LogP contribution in [0.15, 0.2) is 64.4 Å². The van der Waals surface area contributed by atoms with Crippen molar-refractivity contribution < 1.29 is 9.47 Å². The van der Waals surface area contributed by atoms with Crippen molar-refractivity contribution in [1.82, 2.24) is 14.6 Å². The molecule has 0 spiro atoms. The summed E-state index contributed by atoms with van der Waals surface area (Å²) in [6.07, 6.45) is 3.46. The van der Waals surface area contributed by atoms with Crippen molar-refractivity contribution in [3.8, 4) is 22.9 Å². The lowest BCUT2D eigenvalue weighted by atomic mass is 10.2. The average Bonchev–Trinajstić information content (AvgIpc) is 3.27. The van der Waals surface area contributed by atoms with Crippen molar-refractivity contribution >= 4 is 38.3 Å². The van der Waals surface area contributed by atoms with Crippen molar-refractivity contribution in [3.05, 3.63) is 80.0 Å². The molecule has 0 bridgehead atoms. The van der Waals surface area contributed by atoms with E-state index in [0.29, 0.717) is 33.4 Å². The Bertz CT molecular complexity index is 1300. The van der Waals surface area contributed by atoms with E-state index in [1.54, 1.807) is 25.3 Å². The summed E-state index contributed by atoms with van der Waals surface area (Å²) in [7, 11) is 1.58. The van der Waals surface area contributed by atoms with Crippen LogP contribution in [-0.2, 0) is 0 Å². The fourth-order valence-corrected chi connectivity index (χ4v) is 3.92. The molecule has 2 heterocycles. The molecule has 0 radical (unpaired) electrons. The first-order chi connectivity index (χ1) is 14.1. The van der Waals surface area contributed by atoms with Gasteiger partial charge in [0, 0.05) is 10.0 Å². The van der Waals surface area contributed by atoms with Crippen LogP contribution in [0.2, 0.25) is 0 Å². The maximum atomic E-state index is 12.8. The SMILES string of the molecule is C=CCOc1ccc(C=c2sc3nc(-c4ccc(Br)cc4)nn3c2=O)cc1OC. The van der Waals surface area contributed by atoms with E-state index >= 15 is 0 Å². The molecule has 2 aromatic carbocycles. The Morgan fingerprint density at radius 2 is 2.00 bits per heavy atom. The van der Waals surface area contributed by atoms with Crippen LogP contribution in [-0.4, -0.2) is 28.3 Å². The standard InChI is InChI=1S/C21H16BrN3O3S/c1-3-10-28-16-9-4-13(11-17(16)27-2)12-18-20(26)25-21(29-18)23-19(24-25)14-5-7-15(22)8-6-14/h3-9,11-12H,1,10H2,2H3. The predicted molar refractivity (Wildman–Crippen MR) is 118 cm³/mol. The summed E-state index contributed by atoms with van der Waals surface area (Å²) >= 11 is 4.70. The van der Waals surface area contributed by atoms with Gasteiger partial charge in [-0.05, 0) is 35.9 Å². The maximum Gasteiger partial charge on any atom is 0.291 e. The molecule has 146 valence electrons. The molecule has 0 amide bonds. The second-order valence-corrected chi connectivity index (χ2v) is 7.99. The Kier molecular flexibility index (Phi) is 5.46. The van der Waals surface area contributed by atoms with Crippen molar-refractivity contribution in [2.75, 3.05) is 13.7 Å². The van der Waals surface area contributed by atoms with E-state index in [9.17, 15) is 4.79 Å². The fraction of sp³-hybridized carbons (Fsp3) is 0.0952. The van der Waals surface area contributed by atoms with E-state index in [0.717, 1.165) is 15.6 Å². The minimum absolute atomic E-state index is 0.202. The quantitative estimate of drug-likeness (QED) is 0.402. The summed E-state index contributed by atoms with van der Waals surface area (Å²) in [4.78, 5) is 17.8. The molecule has 29 heavy (non-hydrogen) atoms. The van der Waals surface area contributed by atoms with E-state index < -0.39 is 0 Å². The van der Waals surface area contributed by atoms with Gasteiger partial charge in [-0.15, -0.1) is 5.10 Å². The summed E-state index contributed by atoms with van der Waals surface area (Å²) < 4.78 is 13.8. The van der Waals surface area contributed by atoms with E-state index in [4.69, 9.17) is 9.47 Å². The van der Waals surface area contributed by atoms with Gasteiger partial charge in [0.15, 0.2) is 17.3 Å². The van der Waals surface area contributed by atoms with Crippen LogP contribution in [0.3, 0.4) is 0 Å². The lowest BCUT2D eigenvalue weighted by molar-refractivity contribution is 0.326.